The fourth-order valence-corrected chi connectivity index (χ4v) is 2.94. The molecule has 0 saturated carbocycles. The van der Waals surface area contributed by atoms with Gasteiger partial charge in [-0.05, 0) is 35.9 Å². The highest BCUT2D eigenvalue weighted by Gasteiger charge is 2.12. The summed E-state index contributed by atoms with van der Waals surface area (Å²) in [6.07, 6.45) is 1.25. The Bertz CT molecular complexity index is 959. The molecule has 8 heteroatoms. The Balaban J connectivity index is 1.64. The van der Waals surface area contributed by atoms with Gasteiger partial charge in [-0.3, -0.25) is 25.2 Å². The largest absolute Gasteiger partial charge is 0.328 e. The zero-order valence-electron chi connectivity index (χ0n) is 12.7. The maximum atomic E-state index is 13.0. The number of hydrazine groups is 1. The van der Waals surface area contributed by atoms with E-state index in [1.54, 1.807) is 24.3 Å². The Morgan fingerprint density at radius 3 is 2.32 bits per heavy atom. The van der Waals surface area contributed by atoms with Gasteiger partial charge in [0.25, 0.3) is 11.8 Å². The van der Waals surface area contributed by atoms with E-state index in [9.17, 15) is 18.8 Å². The molecule has 0 spiro atoms. The maximum Gasteiger partial charge on any atom is 0.279 e. The molecule has 6 nitrogen and oxygen atoms in total. The van der Waals surface area contributed by atoms with Crippen molar-refractivity contribution in [3.63, 3.8) is 0 Å². The minimum absolute atomic E-state index is 0.207. The van der Waals surface area contributed by atoms with E-state index in [1.165, 1.54) is 41.8 Å². The van der Waals surface area contributed by atoms with Gasteiger partial charge < -0.3 is 4.98 Å². The van der Waals surface area contributed by atoms with Gasteiger partial charge in [-0.25, -0.2) is 4.39 Å². The molecule has 2 aromatic heterocycles. The summed E-state index contributed by atoms with van der Waals surface area (Å²) in [5, 5.41) is 0. The fourth-order valence-electron chi connectivity index (χ4n) is 2.03. The summed E-state index contributed by atoms with van der Waals surface area (Å²) in [6, 6.07) is 11.9. The first-order chi connectivity index (χ1) is 12.0. The summed E-state index contributed by atoms with van der Waals surface area (Å²) in [4.78, 5) is 38.5. The molecule has 1 aromatic carbocycles. The number of H-pyrrole nitrogens is 1. The minimum atomic E-state index is -0.556. The predicted molar refractivity (Wildman–Crippen MR) is 91.7 cm³/mol. The molecule has 0 bridgehead atoms. The Morgan fingerprint density at radius 2 is 1.64 bits per heavy atom. The molecule has 3 rings (SSSR count). The van der Waals surface area contributed by atoms with Crippen molar-refractivity contribution in [1.29, 1.82) is 0 Å². The molecule has 0 aliphatic carbocycles. The normalized spacial score (nSPS) is 10.3. The van der Waals surface area contributed by atoms with Crippen LogP contribution in [0.25, 0.3) is 10.4 Å². The number of hydrogen-bond acceptors (Lipinski definition) is 4. The lowest BCUT2D eigenvalue weighted by Crippen LogP contribution is -2.41. The van der Waals surface area contributed by atoms with E-state index in [2.05, 4.69) is 15.8 Å². The van der Waals surface area contributed by atoms with Crippen LogP contribution in [-0.4, -0.2) is 16.8 Å². The van der Waals surface area contributed by atoms with Crippen molar-refractivity contribution in [3.8, 4) is 10.4 Å². The summed E-state index contributed by atoms with van der Waals surface area (Å²) >= 11 is 1.22. The first-order valence-corrected chi connectivity index (χ1v) is 8.00. The van der Waals surface area contributed by atoms with Gasteiger partial charge in [0.15, 0.2) is 0 Å². The molecule has 0 aliphatic rings. The molecule has 0 atom stereocenters. The molecule has 0 unspecified atom stereocenters. The maximum absolute atomic E-state index is 13.0. The van der Waals surface area contributed by atoms with Crippen molar-refractivity contribution < 1.29 is 14.0 Å². The third-order valence-corrected chi connectivity index (χ3v) is 4.43. The van der Waals surface area contributed by atoms with Crippen LogP contribution in [0.2, 0.25) is 0 Å². The highest BCUT2D eigenvalue weighted by Crippen LogP contribution is 2.28. The van der Waals surface area contributed by atoms with E-state index in [4.69, 9.17) is 0 Å². The van der Waals surface area contributed by atoms with Crippen molar-refractivity contribution in [1.82, 2.24) is 15.8 Å². The van der Waals surface area contributed by atoms with E-state index in [0.29, 0.717) is 4.88 Å². The Morgan fingerprint density at radius 1 is 0.920 bits per heavy atom. The second kappa shape index (κ2) is 7.10. The summed E-state index contributed by atoms with van der Waals surface area (Å²) in [5.41, 5.74) is 5.25. The molecule has 126 valence electrons. The number of pyridine rings is 1. The second-order valence-electron chi connectivity index (χ2n) is 5.02. The van der Waals surface area contributed by atoms with Crippen molar-refractivity contribution in [3.05, 3.63) is 81.3 Å². The van der Waals surface area contributed by atoms with Crippen LogP contribution in [0.1, 0.15) is 20.0 Å². The first kappa shape index (κ1) is 16.6. The molecule has 3 aromatic rings. The van der Waals surface area contributed by atoms with E-state index in [0.717, 1.165) is 10.4 Å². The summed E-state index contributed by atoms with van der Waals surface area (Å²) in [7, 11) is 0. The lowest BCUT2D eigenvalue weighted by molar-refractivity contribution is 0.0848. The zero-order valence-corrected chi connectivity index (χ0v) is 13.5. The molecule has 2 amide bonds. The number of benzene rings is 1. The number of thiophene rings is 1. The van der Waals surface area contributed by atoms with Crippen molar-refractivity contribution in [2.45, 2.75) is 0 Å². The number of rotatable bonds is 3. The van der Waals surface area contributed by atoms with E-state index in [-0.39, 0.29) is 16.9 Å². The number of aromatic amines is 1. The van der Waals surface area contributed by atoms with Crippen LogP contribution in [0.4, 0.5) is 4.39 Å². The number of nitrogens with one attached hydrogen (secondary N) is 3. The zero-order chi connectivity index (χ0) is 17.8. The van der Waals surface area contributed by atoms with Gasteiger partial charge in [-0.1, -0.05) is 12.1 Å². The number of halogens is 1. The second-order valence-corrected chi connectivity index (χ2v) is 6.10. The van der Waals surface area contributed by atoms with Crippen molar-refractivity contribution in [2.75, 3.05) is 0 Å². The summed E-state index contributed by atoms with van der Waals surface area (Å²) in [5.74, 6) is -1.36. The minimum Gasteiger partial charge on any atom is -0.328 e. The topological polar surface area (TPSA) is 91.1 Å². The molecular formula is C17H12FN3O3S. The molecule has 3 N–H and O–H groups in total. The van der Waals surface area contributed by atoms with Crippen molar-refractivity contribution in [2.24, 2.45) is 0 Å². The summed E-state index contributed by atoms with van der Waals surface area (Å²) in [6.45, 7) is 0. The van der Waals surface area contributed by atoms with Crippen LogP contribution >= 0.6 is 11.3 Å². The highest BCUT2D eigenvalue weighted by atomic mass is 32.1. The summed E-state index contributed by atoms with van der Waals surface area (Å²) < 4.78 is 13.0. The number of amides is 2. The average molecular weight is 357 g/mol. The Hall–Kier alpha value is -3.26. The molecule has 0 radical (unpaired) electrons. The van der Waals surface area contributed by atoms with E-state index in [1.807, 2.05) is 0 Å². The third-order valence-electron chi connectivity index (χ3n) is 3.29. The molecule has 2 heterocycles. The van der Waals surface area contributed by atoms with E-state index < -0.39 is 11.8 Å². The smallest absolute Gasteiger partial charge is 0.279 e. The first-order valence-electron chi connectivity index (χ1n) is 7.18. The van der Waals surface area contributed by atoms with Gasteiger partial charge in [0, 0.05) is 17.1 Å². The molecule has 0 fully saturated rings. The number of carbonyl (C=O) groups excluding carboxylic acids is 2. The standard InChI is InChI=1S/C17H12FN3O3S/c18-12-4-1-10(2-5-12)13-6-7-14(25-13)17(24)21-20-16(23)11-3-8-15(22)19-9-11/h1-9H,(H,19,22)(H,20,23)(H,21,24). The van der Waals surface area contributed by atoms with Gasteiger partial charge in [0.05, 0.1) is 10.4 Å². The fraction of sp³-hybridized carbons (Fsp3) is 0. The van der Waals surface area contributed by atoms with Crippen molar-refractivity contribution >= 4 is 23.2 Å². The van der Waals surface area contributed by atoms with Gasteiger partial charge in [0.2, 0.25) is 5.56 Å². The van der Waals surface area contributed by atoms with Crippen LogP contribution in [0.15, 0.2) is 59.5 Å². The molecular weight excluding hydrogens is 345 g/mol. The number of hydrogen-bond donors (Lipinski definition) is 3. The highest BCUT2D eigenvalue weighted by molar-refractivity contribution is 7.17. The monoisotopic (exact) mass is 357 g/mol. The van der Waals surface area contributed by atoms with Gasteiger partial charge in [-0.2, -0.15) is 0 Å². The lowest BCUT2D eigenvalue weighted by Gasteiger charge is -2.05. The number of aromatic nitrogens is 1. The van der Waals surface area contributed by atoms with Crippen LogP contribution < -0.4 is 16.4 Å². The Kier molecular flexibility index (Phi) is 4.71. The molecule has 0 saturated heterocycles. The lowest BCUT2D eigenvalue weighted by atomic mass is 10.2. The van der Waals surface area contributed by atoms with Crippen LogP contribution in [0, 0.1) is 5.82 Å². The Labute approximate surface area is 145 Å². The van der Waals surface area contributed by atoms with Crippen LogP contribution in [0.5, 0.6) is 0 Å². The third kappa shape index (κ3) is 3.99. The van der Waals surface area contributed by atoms with Crippen LogP contribution in [0.3, 0.4) is 0 Å². The molecule has 0 aliphatic heterocycles. The predicted octanol–water partition coefficient (Wildman–Crippen LogP) is 2.32. The average Bonchev–Trinajstić information content (AvgIpc) is 3.11. The van der Waals surface area contributed by atoms with Crippen LogP contribution in [-0.2, 0) is 0 Å². The van der Waals surface area contributed by atoms with E-state index >= 15 is 0 Å². The van der Waals surface area contributed by atoms with Gasteiger partial charge >= 0.3 is 0 Å². The molecule has 25 heavy (non-hydrogen) atoms. The number of carbonyl (C=O) groups is 2. The van der Waals surface area contributed by atoms with Gasteiger partial charge in [0.1, 0.15) is 5.82 Å². The quantitative estimate of drug-likeness (QED) is 0.628. The van der Waals surface area contributed by atoms with Gasteiger partial charge in [-0.15, -0.1) is 11.3 Å². The SMILES string of the molecule is O=C(NNC(=O)c1ccc(-c2ccc(F)cc2)s1)c1ccc(=O)[nH]c1.